The minimum atomic E-state index is -0.466. The first-order valence-corrected chi connectivity index (χ1v) is 11.8. The Hall–Kier alpha value is -3.31. The smallest absolute Gasteiger partial charge is 0.338 e. The van der Waals surface area contributed by atoms with E-state index in [0.29, 0.717) is 40.7 Å². The zero-order chi connectivity index (χ0) is 23.5. The van der Waals surface area contributed by atoms with Crippen LogP contribution in [0.15, 0.2) is 83.8 Å². The minimum absolute atomic E-state index is 0.299. The summed E-state index contributed by atoms with van der Waals surface area (Å²) in [5, 5.41) is 1.78. The lowest BCUT2D eigenvalue weighted by Crippen LogP contribution is -2.21. The summed E-state index contributed by atoms with van der Waals surface area (Å²) in [6.45, 7) is 10.7. The Morgan fingerprint density at radius 3 is 1.88 bits per heavy atom. The highest BCUT2D eigenvalue weighted by Crippen LogP contribution is 2.46. The average molecular weight is 459 g/mol. The Kier molecular flexibility index (Phi) is 6.70. The molecule has 3 aromatic rings. The van der Waals surface area contributed by atoms with Gasteiger partial charge >= 0.3 is 11.9 Å². The van der Waals surface area contributed by atoms with Crippen LogP contribution in [0.2, 0.25) is 0 Å². The van der Waals surface area contributed by atoms with Gasteiger partial charge in [-0.05, 0) is 45.2 Å². The lowest BCUT2D eigenvalue weighted by Gasteiger charge is -2.29. The predicted octanol–water partition coefficient (Wildman–Crippen LogP) is 6.45. The first-order valence-electron chi connectivity index (χ1n) is 10.9. The summed E-state index contributed by atoms with van der Waals surface area (Å²) in [4.78, 5) is 26.2. The van der Waals surface area contributed by atoms with Crippen LogP contribution < -0.4 is 9.47 Å². The number of hydrogen-bond donors (Lipinski definition) is 0. The van der Waals surface area contributed by atoms with Crippen LogP contribution in [0.5, 0.6) is 11.5 Å². The Balaban J connectivity index is 1.85. The third-order valence-electron chi connectivity index (χ3n) is 5.61. The Labute approximate surface area is 198 Å². The molecule has 4 nitrogen and oxygen atoms in total. The molecule has 33 heavy (non-hydrogen) atoms. The second-order valence-corrected chi connectivity index (χ2v) is 9.67. The molecule has 1 aliphatic carbocycles. The molecule has 0 N–H and O–H groups in total. The molecule has 0 aromatic heterocycles. The van der Waals surface area contributed by atoms with Gasteiger partial charge in [-0.15, -0.1) is 11.8 Å². The molecular formula is C28H26O4S. The van der Waals surface area contributed by atoms with Crippen LogP contribution in [0.4, 0.5) is 0 Å². The molecule has 0 bridgehead atoms. The fourth-order valence-electron chi connectivity index (χ4n) is 3.98. The van der Waals surface area contributed by atoms with E-state index in [1.165, 1.54) is 4.90 Å². The van der Waals surface area contributed by atoms with Crippen molar-refractivity contribution in [3.8, 4) is 11.5 Å². The first kappa shape index (κ1) is 22.9. The minimum Gasteiger partial charge on any atom is -0.422 e. The SMILES string of the molecule is C=C(C)C(=O)Oc1c2c(c(OC(=O)C(=C)C)c3ccccc13)CC(Sc1ccccc1)CC2. The van der Waals surface area contributed by atoms with E-state index >= 15 is 0 Å². The number of carbonyl (C=O) groups is 2. The van der Waals surface area contributed by atoms with Gasteiger partial charge in [-0.1, -0.05) is 55.6 Å². The van der Waals surface area contributed by atoms with E-state index in [4.69, 9.17) is 9.47 Å². The van der Waals surface area contributed by atoms with Crippen LogP contribution in [-0.2, 0) is 22.4 Å². The van der Waals surface area contributed by atoms with Crippen LogP contribution in [0.1, 0.15) is 31.4 Å². The third-order valence-corrected chi connectivity index (χ3v) is 6.89. The molecule has 5 heteroatoms. The topological polar surface area (TPSA) is 52.6 Å². The highest BCUT2D eigenvalue weighted by molar-refractivity contribution is 8.00. The summed E-state index contributed by atoms with van der Waals surface area (Å²) < 4.78 is 11.7. The molecule has 0 aliphatic heterocycles. The largest absolute Gasteiger partial charge is 0.422 e. The summed E-state index contributed by atoms with van der Waals surface area (Å²) in [6, 6.07) is 17.8. The zero-order valence-corrected chi connectivity index (χ0v) is 19.7. The monoisotopic (exact) mass is 458 g/mol. The number of ether oxygens (including phenoxy) is 2. The van der Waals surface area contributed by atoms with Crippen molar-refractivity contribution in [2.75, 3.05) is 0 Å². The molecule has 3 aromatic carbocycles. The van der Waals surface area contributed by atoms with E-state index in [2.05, 4.69) is 25.3 Å². The van der Waals surface area contributed by atoms with Crippen molar-refractivity contribution in [3.05, 3.63) is 90.0 Å². The van der Waals surface area contributed by atoms with Crippen molar-refractivity contribution in [2.45, 2.75) is 43.3 Å². The average Bonchev–Trinajstić information content (AvgIpc) is 2.81. The van der Waals surface area contributed by atoms with Gasteiger partial charge in [0.15, 0.2) is 0 Å². The molecule has 1 unspecified atom stereocenters. The second kappa shape index (κ2) is 9.67. The van der Waals surface area contributed by atoms with Crippen molar-refractivity contribution in [3.63, 3.8) is 0 Å². The van der Waals surface area contributed by atoms with Gasteiger partial charge in [0, 0.05) is 43.2 Å². The van der Waals surface area contributed by atoms with E-state index < -0.39 is 11.9 Å². The lowest BCUT2D eigenvalue weighted by molar-refractivity contribution is -0.131. The maximum absolute atomic E-state index is 12.5. The van der Waals surface area contributed by atoms with E-state index in [0.717, 1.165) is 28.3 Å². The molecule has 168 valence electrons. The van der Waals surface area contributed by atoms with Crippen LogP contribution in [0.25, 0.3) is 10.8 Å². The Morgan fingerprint density at radius 2 is 1.33 bits per heavy atom. The van der Waals surface area contributed by atoms with Crippen LogP contribution >= 0.6 is 11.8 Å². The maximum Gasteiger partial charge on any atom is 0.338 e. The Morgan fingerprint density at radius 1 is 0.818 bits per heavy atom. The van der Waals surface area contributed by atoms with Crippen molar-refractivity contribution < 1.29 is 19.1 Å². The summed E-state index contributed by atoms with van der Waals surface area (Å²) >= 11 is 1.81. The van der Waals surface area contributed by atoms with E-state index in [9.17, 15) is 9.59 Å². The van der Waals surface area contributed by atoms with Gasteiger partial charge in [0.2, 0.25) is 0 Å². The number of benzene rings is 3. The number of esters is 2. The second-order valence-electron chi connectivity index (χ2n) is 8.30. The number of fused-ring (bicyclic) bond motifs is 2. The van der Waals surface area contributed by atoms with E-state index in [1.807, 2.05) is 54.2 Å². The lowest BCUT2D eigenvalue weighted by atomic mass is 9.86. The van der Waals surface area contributed by atoms with Gasteiger partial charge in [-0.25, -0.2) is 9.59 Å². The van der Waals surface area contributed by atoms with Gasteiger partial charge in [0.25, 0.3) is 0 Å². The molecule has 4 rings (SSSR count). The predicted molar refractivity (Wildman–Crippen MR) is 133 cm³/mol. The molecular weight excluding hydrogens is 432 g/mol. The van der Waals surface area contributed by atoms with Crippen LogP contribution in [0, 0.1) is 0 Å². The highest BCUT2D eigenvalue weighted by Gasteiger charge is 2.30. The van der Waals surface area contributed by atoms with Gasteiger partial charge in [-0.3, -0.25) is 0 Å². The molecule has 0 fully saturated rings. The number of thioether (sulfide) groups is 1. The van der Waals surface area contributed by atoms with Crippen LogP contribution in [-0.4, -0.2) is 17.2 Å². The fraction of sp³-hybridized carbons (Fsp3) is 0.214. The summed E-state index contributed by atoms with van der Waals surface area (Å²) in [6.07, 6.45) is 2.31. The summed E-state index contributed by atoms with van der Waals surface area (Å²) in [5.74, 6) is 0.135. The van der Waals surface area contributed by atoms with Crippen molar-refractivity contribution in [2.24, 2.45) is 0 Å². The van der Waals surface area contributed by atoms with E-state index in [1.54, 1.807) is 13.8 Å². The molecule has 0 saturated carbocycles. The number of carbonyl (C=O) groups excluding carboxylic acids is 2. The van der Waals surface area contributed by atoms with Gasteiger partial charge in [0.05, 0.1) is 0 Å². The van der Waals surface area contributed by atoms with E-state index in [-0.39, 0.29) is 0 Å². The third kappa shape index (κ3) is 4.88. The van der Waals surface area contributed by atoms with Gasteiger partial charge < -0.3 is 9.47 Å². The van der Waals surface area contributed by atoms with Crippen LogP contribution in [0.3, 0.4) is 0 Å². The van der Waals surface area contributed by atoms with Gasteiger partial charge in [0.1, 0.15) is 11.5 Å². The molecule has 0 heterocycles. The molecule has 0 amide bonds. The van der Waals surface area contributed by atoms with Crippen molar-refractivity contribution in [1.82, 2.24) is 0 Å². The van der Waals surface area contributed by atoms with Crippen molar-refractivity contribution in [1.29, 1.82) is 0 Å². The molecule has 1 atom stereocenters. The molecule has 1 aliphatic rings. The number of rotatable bonds is 6. The quantitative estimate of drug-likeness (QED) is 0.241. The maximum atomic E-state index is 12.5. The first-order chi connectivity index (χ1) is 15.8. The van der Waals surface area contributed by atoms with Gasteiger partial charge in [-0.2, -0.15) is 0 Å². The Bertz CT molecular complexity index is 1260. The highest BCUT2D eigenvalue weighted by atomic mass is 32.2. The van der Waals surface area contributed by atoms with Crippen molar-refractivity contribution >= 4 is 34.5 Å². The zero-order valence-electron chi connectivity index (χ0n) is 18.9. The molecule has 0 saturated heterocycles. The number of hydrogen-bond acceptors (Lipinski definition) is 5. The normalized spacial score (nSPS) is 14.9. The molecule has 0 radical (unpaired) electrons. The summed E-state index contributed by atoms with van der Waals surface area (Å²) in [5.41, 5.74) is 2.49. The fourth-order valence-corrected chi connectivity index (χ4v) is 5.16. The summed E-state index contributed by atoms with van der Waals surface area (Å²) in [7, 11) is 0. The standard InChI is InChI=1S/C28H26O4S/c1-17(2)27(29)31-25-21-12-8-9-13-22(21)26(32-28(30)18(3)4)24-16-20(14-15-23(24)25)33-19-10-6-5-7-11-19/h5-13,20H,1,3,14-16H2,2,4H3. The molecule has 0 spiro atoms.